The van der Waals surface area contributed by atoms with Crippen molar-refractivity contribution in [2.45, 2.75) is 6.42 Å². The van der Waals surface area contributed by atoms with E-state index in [9.17, 15) is 9.59 Å². The van der Waals surface area contributed by atoms with Gasteiger partial charge < -0.3 is 20.7 Å². The molecule has 0 radical (unpaired) electrons. The third-order valence-electron chi connectivity index (χ3n) is 2.71. The molecule has 0 aromatic carbocycles. The Bertz CT molecular complexity index is 454. The molecule has 0 atom stereocenters. The number of carbonyl (C=O) groups is 2. The molecule has 1 aliphatic heterocycles. The van der Waals surface area contributed by atoms with Gasteiger partial charge in [0.15, 0.2) is 0 Å². The number of amides is 2. The average molecular weight is 268 g/mol. The molecule has 0 unspecified atom stereocenters. The van der Waals surface area contributed by atoms with Crippen LogP contribution < -0.4 is 11.1 Å². The number of morpholine rings is 1. The summed E-state index contributed by atoms with van der Waals surface area (Å²) in [6, 6.07) is 0. The minimum Gasteiger partial charge on any atom is -0.378 e. The Labute approximate surface area is 109 Å². The molecule has 2 amide bonds. The third kappa shape index (κ3) is 3.65. The molecule has 0 aliphatic carbocycles. The highest BCUT2D eigenvalue weighted by Crippen LogP contribution is 1.99. The summed E-state index contributed by atoms with van der Waals surface area (Å²) in [6.07, 6.45) is 0.245. The number of anilines is 1. The monoisotopic (exact) mass is 268 g/mol. The van der Waals surface area contributed by atoms with Gasteiger partial charge in [-0.2, -0.15) is 4.98 Å². The zero-order valence-corrected chi connectivity index (χ0v) is 10.4. The molecule has 0 bridgehead atoms. The van der Waals surface area contributed by atoms with E-state index < -0.39 is 5.91 Å². The second-order valence-corrected chi connectivity index (χ2v) is 4.04. The molecule has 9 nitrogen and oxygen atoms in total. The second-order valence-electron chi connectivity index (χ2n) is 4.04. The van der Waals surface area contributed by atoms with Gasteiger partial charge in [-0.1, -0.05) is 0 Å². The number of aromatic nitrogens is 3. The van der Waals surface area contributed by atoms with Crippen LogP contribution in [0, 0.1) is 0 Å². The van der Waals surface area contributed by atoms with Crippen LogP contribution in [0.5, 0.6) is 0 Å². The summed E-state index contributed by atoms with van der Waals surface area (Å²) in [5, 5.41) is 8.52. The first kappa shape index (κ1) is 13.3. The van der Waals surface area contributed by atoms with Crippen LogP contribution in [-0.4, -0.2) is 64.7 Å². The van der Waals surface area contributed by atoms with Crippen LogP contribution in [0.3, 0.4) is 0 Å². The summed E-state index contributed by atoms with van der Waals surface area (Å²) in [7, 11) is 0. The lowest BCUT2D eigenvalue weighted by molar-refractivity contribution is -0.135. The van der Waals surface area contributed by atoms with Crippen LogP contribution in [0.2, 0.25) is 0 Å². The molecule has 2 heterocycles. The number of ether oxygens (including phenoxy) is 1. The Morgan fingerprint density at radius 1 is 1.42 bits per heavy atom. The van der Waals surface area contributed by atoms with Gasteiger partial charge in [0.1, 0.15) is 0 Å². The third-order valence-corrected chi connectivity index (χ3v) is 2.71. The second kappa shape index (κ2) is 6.14. The number of nitrogen functional groups attached to an aromatic ring is 1. The van der Waals surface area contributed by atoms with Gasteiger partial charge in [-0.3, -0.25) is 14.7 Å². The molecule has 1 aromatic rings. The van der Waals surface area contributed by atoms with E-state index in [4.69, 9.17) is 10.5 Å². The predicted octanol–water partition coefficient (Wildman–Crippen LogP) is -1.63. The molecule has 2 rings (SSSR count). The number of carbonyl (C=O) groups excluding carboxylic acids is 2. The number of hydrogen-bond acceptors (Lipinski definition) is 6. The summed E-state index contributed by atoms with van der Waals surface area (Å²) in [6.45, 7) is 2.58. The molecule has 0 spiro atoms. The van der Waals surface area contributed by atoms with E-state index in [0.29, 0.717) is 26.3 Å². The summed E-state index contributed by atoms with van der Waals surface area (Å²) in [5.74, 6) is -0.384. The maximum atomic E-state index is 11.8. The molecule has 0 saturated carbocycles. The lowest BCUT2D eigenvalue weighted by Gasteiger charge is -2.26. The first-order chi connectivity index (χ1) is 9.16. The van der Waals surface area contributed by atoms with Gasteiger partial charge in [-0.25, -0.2) is 0 Å². The number of nitrogens with zero attached hydrogens (tertiary/aromatic N) is 3. The van der Waals surface area contributed by atoms with Gasteiger partial charge in [0, 0.05) is 26.1 Å². The Hall–Kier alpha value is -2.16. The fourth-order valence-electron chi connectivity index (χ4n) is 1.71. The van der Waals surface area contributed by atoms with E-state index >= 15 is 0 Å². The van der Waals surface area contributed by atoms with E-state index in [-0.39, 0.29) is 30.6 Å². The van der Waals surface area contributed by atoms with Crippen molar-refractivity contribution in [2.75, 3.05) is 38.6 Å². The van der Waals surface area contributed by atoms with Crippen molar-refractivity contribution in [1.82, 2.24) is 25.4 Å². The number of rotatable bonds is 4. The van der Waals surface area contributed by atoms with Crippen LogP contribution >= 0.6 is 0 Å². The smallest absolute Gasteiger partial charge is 0.288 e. The first-order valence-electron chi connectivity index (χ1n) is 5.98. The van der Waals surface area contributed by atoms with Crippen LogP contribution in [0.4, 0.5) is 5.95 Å². The zero-order valence-electron chi connectivity index (χ0n) is 10.4. The summed E-state index contributed by atoms with van der Waals surface area (Å²) < 4.78 is 5.16. The van der Waals surface area contributed by atoms with Crippen molar-refractivity contribution in [3.63, 3.8) is 0 Å². The van der Waals surface area contributed by atoms with Gasteiger partial charge in [0.2, 0.25) is 17.7 Å². The number of hydrogen-bond donors (Lipinski definition) is 3. The highest BCUT2D eigenvalue weighted by Gasteiger charge is 2.17. The van der Waals surface area contributed by atoms with Crippen molar-refractivity contribution < 1.29 is 14.3 Å². The van der Waals surface area contributed by atoms with E-state index in [1.165, 1.54) is 0 Å². The summed E-state index contributed by atoms with van der Waals surface area (Å²) in [4.78, 5) is 28.8. The number of nitrogens with two attached hydrogens (primary N) is 1. The molecule has 19 heavy (non-hydrogen) atoms. The number of aromatic amines is 1. The van der Waals surface area contributed by atoms with Gasteiger partial charge >= 0.3 is 0 Å². The van der Waals surface area contributed by atoms with Crippen molar-refractivity contribution in [1.29, 1.82) is 0 Å². The number of nitrogens with one attached hydrogen (secondary N) is 2. The lowest BCUT2D eigenvalue weighted by atomic mass is 10.3. The zero-order chi connectivity index (χ0) is 13.7. The first-order valence-corrected chi connectivity index (χ1v) is 5.98. The Balaban J connectivity index is 1.71. The maximum absolute atomic E-state index is 11.8. The van der Waals surface area contributed by atoms with Crippen LogP contribution in [-0.2, 0) is 9.53 Å². The molecule has 104 valence electrons. The maximum Gasteiger partial charge on any atom is 0.288 e. The van der Waals surface area contributed by atoms with E-state index in [0.717, 1.165) is 0 Å². The molecule has 9 heteroatoms. The van der Waals surface area contributed by atoms with Gasteiger partial charge in [0.05, 0.1) is 13.2 Å². The Morgan fingerprint density at radius 3 is 2.79 bits per heavy atom. The molecule has 4 N–H and O–H groups in total. The quantitative estimate of drug-likeness (QED) is 0.601. The van der Waals surface area contributed by atoms with Gasteiger partial charge in [0.25, 0.3) is 5.91 Å². The predicted molar refractivity (Wildman–Crippen MR) is 65.1 cm³/mol. The van der Waals surface area contributed by atoms with Crippen molar-refractivity contribution in [3.8, 4) is 0 Å². The average Bonchev–Trinajstić information content (AvgIpc) is 2.86. The van der Waals surface area contributed by atoms with Crippen molar-refractivity contribution in [3.05, 3.63) is 5.82 Å². The largest absolute Gasteiger partial charge is 0.378 e. The normalized spacial score (nSPS) is 15.3. The van der Waals surface area contributed by atoms with Crippen LogP contribution in [0.25, 0.3) is 0 Å². The van der Waals surface area contributed by atoms with Crippen LogP contribution in [0.1, 0.15) is 17.0 Å². The minimum absolute atomic E-state index is 0.000633. The molecular weight excluding hydrogens is 252 g/mol. The topological polar surface area (TPSA) is 126 Å². The fraction of sp³-hybridized carbons (Fsp3) is 0.600. The molecule has 1 aliphatic rings. The molecule has 1 saturated heterocycles. The Kier molecular flexibility index (Phi) is 4.29. The Morgan fingerprint density at radius 2 is 2.16 bits per heavy atom. The molecule has 1 fully saturated rings. The van der Waals surface area contributed by atoms with E-state index in [2.05, 4.69) is 20.5 Å². The molecular formula is C10H16N6O3. The van der Waals surface area contributed by atoms with Crippen molar-refractivity contribution in [2.24, 2.45) is 0 Å². The molecule has 1 aromatic heterocycles. The minimum atomic E-state index is -0.432. The van der Waals surface area contributed by atoms with Gasteiger partial charge in [-0.15, -0.1) is 5.10 Å². The lowest BCUT2D eigenvalue weighted by Crippen LogP contribution is -2.42. The van der Waals surface area contributed by atoms with Crippen molar-refractivity contribution >= 4 is 17.8 Å². The highest BCUT2D eigenvalue weighted by atomic mass is 16.5. The van der Waals surface area contributed by atoms with Crippen LogP contribution in [0.15, 0.2) is 0 Å². The van der Waals surface area contributed by atoms with E-state index in [1.807, 2.05) is 0 Å². The SMILES string of the molecule is Nc1n[nH]c(C(=O)NCCC(=O)N2CCOCC2)n1. The fourth-order valence-corrected chi connectivity index (χ4v) is 1.71. The summed E-state index contributed by atoms with van der Waals surface area (Å²) in [5.41, 5.74) is 5.28. The van der Waals surface area contributed by atoms with Gasteiger partial charge in [-0.05, 0) is 0 Å². The van der Waals surface area contributed by atoms with E-state index in [1.54, 1.807) is 4.90 Å². The summed E-state index contributed by atoms with van der Waals surface area (Å²) >= 11 is 0. The number of H-pyrrole nitrogens is 1. The highest BCUT2D eigenvalue weighted by molar-refractivity contribution is 5.90. The standard InChI is InChI=1S/C10H16N6O3/c11-10-13-8(14-15-10)9(18)12-2-1-7(17)16-3-5-19-6-4-16/h1-6H2,(H,12,18)(H3,11,13,14,15).